The molecule has 128 valence electrons. The third-order valence-corrected chi connectivity index (χ3v) is 3.71. The lowest BCUT2D eigenvalue weighted by Gasteiger charge is -2.34. The van der Waals surface area contributed by atoms with E-state index in [1.165, 1.54) is 17.3 Å². The molecule has 0 spiro atoms. The molecule has 1 aliphatic heterocycles. The molecule has 1 aromatic rings. The molecule has 0 saturated carbocycles. The van der Waals surface area contributed by atoms with E-state index in [0.717, 1.165) is 12.8 Å². The monoisotopic (exact) mass is 323 g/mol. The molecule has 0 aliphatic carbocycles. The van der Waals surface area contributed by atoms with E-state index in [2.05, 4.69) is 15.4 Å². The highest BCUT2D eigenvalue weighted by molar-refractivity contribution is 5.80. The molecule has 0 radical (unpaired) electrons. The van der Waals surface area contributed by atoms with E-state index in [1.807, 2.05) is 20.8 Å². The number of hydrogen-bond donors (Lipinski definition) is 1. The molecule has 2 heterocycles. The fraction of sp³-hybridized carbons (Fsp3) is 0.733. The van der Waals surface area contributed by atoms with Crippen molar-refractivity contribution in [2.75, 3.05) is 13.1 Å². The van der Waals surface area contributed by atoms with E-state index >= 15 is 0 Å². The van der Waals surface area contributed by atoms with Gasteiger partial charge in [-0.25, -0.2) is 14.5 Å². The Balaban J connectivity index is 1.78. The van der Waals surface area contributed by atoms with Gasteiger partial charge in [0.2, 0.25) is 5.91 Å². The zero-order valence-electron chi connectivity index (χ0n) is 14.2. The Morgan fingerprint density at radius 3 is 2.48 bits per heavy atom. The molecule has 23 heavy (non-hydrogen) atoms. The maximum Gasteiger partial charge on any atom is 0.410 e. The van der Waals surface area contributed by atoms with Crippen molar-refractivity contribution < 1.29 is 14.3 Å². The molecule has 1 atom stereocenters. The van der Waals surface area contributed by atoms with E-state index in [9.17, 15) is 9.59 Å². The number of likely N-dealkylation sites (tertiary alicyclic amines) is 1. The van der Waals surface area contributed by atoms with E-state index < -0.39 is 11.6 Å². The number of nitrogens with zero attached hydrogens (tertiary/aromatic N) is 4. The predicted octanol–water partition coefficient (Wildman–Crippen LogP) is 1.35. The van der Waals surface area contributed by atoms with Gasteiger partial charge in [0.05, 0.1) is 0 Å². The summed E-state index contributed by atoms with van der Waals surface area (Å²) in [6, 6.07) is -0.339. The lowest BCUT2D eigenvalue weighted by atomic mass is 10.0. The predicted molar refractivity (Wildman–Crippen MR) is 83.7 cm³/mol. The number of piperidine rings is 1. The van der Waals surface area contributed by atoms with Gasteiger partial charge in [0.15, 0.2) is 0 Å². The summed E-state index contributed by atoms with van der Waals surface area (Å²) < 4.78 is 6.88. The van der Waals surface area contributed by atoms with Crippen molar-refractivity contribution in [3.05, 3.63) is 12.7 Å². The van der Waals surface area contributed by atoms with Crippen molar-refractivity contribution in [1.29, 1.82) is 0 Å². The Labute approximate surface area is 136 Å². The first-order valence-corrected chi connectivity index (χ1v) is 7.88. The van der Waals surface area contributed by atoms with Crippen LogP contribution in [0.3, 0.4) is 0 Å². The zero-order chi connectivity index (χ0) is 17.0. The van der Waals surface area contributed by atoms with Crippen LogP contribution < -0.4 is 5.32 Å². The molecule has 1 aromatic heterocycles. The smallest absolute Gasteiger partial charge is 0.410 e. The van der Waals surface area contributed by atoms with Gasteiger partial charge in [0, 0.05) is 19.1 Å². The van der Waals surface area contributed by atoms with Gasteiger partial charge in [0.1, 0.15) is 24.3 Å². The Morgan fingerprint density at radius 1 is 1.30 bits per heavy atom. The second-order valence-corrected chi connectivity index (χ2v) is 6.80. The van der Waals surface area contributed by atoms with Gasteiger partial charge in [-0.1, -0.05) is 0 Å². The number of hydrogen-bond acceptors (Lipinski definition) is 5. The molecule has 1 N–H and O–H groups in total. The van der Waals surface area contributed by atoms with Crippen molar-refractivity contribution >= 4 is 12.0 Å². The Kier molecular flexibility index (Phi) is 5.23. The highest BCUT2D eigenvalue weighted by atomic mass is 16.6. The quantitative estimate of drug-likeness (QED) is 0.907. The summed E-state index contributed by atoms with van der Waals surface area (Å²) in [6.45, 7) is 8.49. The van der Waals surface area contributed by atoms with Crippen LogP contribution in [0.15, 0.2) is 12.7 Å². The lowest BCUT2D eigenvalue weighted by Crippen LogP contribution is -2.48. The molecular weight excluding hydrogens is 298 g/mol. The van der Waals surface area contributed by atoms with Gasteiger partial charge in [0.25, 0.3) is 0 Å². The average Bonchev–Trinajstić information content (AvgIpc) is 2.99. The normalized spacial score (nSPS) is 17.7. The number of carbonyl (C=O) groups excluding carboxylic acids is 2. The summed E-state index contributed by atoms with van der Waals surface area (Å²) in [7, 11) is 0. The second kappa shape index (κ2) is 6.97. The minimum Gasteiger partial charge on any atom is -0.444 e. The topological polar surface area (TPSA) is 89.4 Å². The first-order valence-electron chi connectivity index (χ1n) is 7.88. The molecular formula is C15H25N5O3. The van der Waals surface area contributed by atoms with Crippen LogP contribution in [0.25, 0.3) is 0 Å². The summed E-state index contributed by atoms with van der Waals surface area (Å²) in [4.78, 5) is 29.7. The van der Waals surface area contributed by atoms with E-state index in [0.29, 0.717) is 13.1 Å². The summed E-state index contributed by atoms with van der Waals surface area (Å²) in [5, 5.41) is 6.98. The van der Waals surface area contributed by atoms with Crippen LogP contribution in [0.5, 0.6) is 0 Å². The van der Waals surface area contributed by atoms with E-state index in [4.69, 9.17) is 4.74 Å². The van der Waals surface area contributed by atoms with Crippen LogP contribution in [0, 0.1) is 0 Å². The highest BCUT2D eigenvalue weighted by Crippen LogP contribution is 2.16. The summed E-state index contributed by atoms with van der Waals surface area (Å²) in [6.07, 6.45) is 4.07. The molecule has 8 heteroatoms. The molecule has 0 bridgehead atoms. The van der Waals surface area contributed by atoms with Gasteiger partial charge in [-0.2, -0.15) is 5.10 Å². The van der Waals surface area contributed by atoms with Crippen molar-refractivity contribution in [3.63, 3.8) is 0 Å². The summed E-state index contributed by atoms with van der Waals surface area (Å²) in [5.41, 5.74) is -0.491. The number of ether oxygens (including phenoxy) is 1. The number of rotatable bonds is 3. The van der Waals surface area contributed by atoms with Crippen LogP contribution in [0.2, 0.25) is 0 Å². The zero-order valence-corrected chi connectivity index (χ0v) is 14.2. The van der Waals surface area contributed by atoms with E-state index in [-0.39, 0.29) is 18.0 Å². The third kappa shape index (κ3) is 4.94. The minimum atomic E-state index is -0.491. The molecule has 1 fully saturated rings. The number of amides is 2. The molecule has 0 aromatic carbocycles. The summed E-state index contributed by atoms with van der Waals surface area (Å²) in [5.74, 6) is -0.0915. The maximum atomic E-state index is 12.2. The Hall–Kier alpha value is -2.12. The van der Waals surface area contributed by atoms with Gasteiger partial charge < -0.3 is 15.0 Å². The fourth-order valence-electron chi connectivity index (χ4n) is 2.39. The van der Waals surface area contributed by atoms with Gasteiger partial charge >= 0.3 is 6.09 Å². The fourth-order valence-corrected chi connectivity index (χ4v) is 2.39. The number of nitrogens with one attached hydrogen (secondary N) is 1. The van der Waals surface area contributed by atoms with Gasteiger partial charge in [-0.05, 0) is 40.5 Å². The van der Waals surface area contributed by atoms with Crippen molar-refractivity contribution in [2.24, 2.45) is 0 Å². The first kappa shape index (κ1) is 17.2. The molecule has 1 aliphatic rings. The SMILES string of the molecule is C[C@H](C(=O)NC1CCN(C(=O)OC(C)(C)C)CC1)n1cncn1. The third-order valence-electron chi connectivity index (χ3n) is 3.71. The van der Waals surface area contributed by atoms with Crippen LogP contribution >= 0.6 is 0 Å². The van der Waals surface area contributed by atoms with Gasteiger partial charge in [-0.3, -0.25) is 4.79 Å². The molecule has 2 rings (SSSR count). The molecule has 0 unspecified atom stereocenters. The van der Waals surface area contributed by atoms with Crippen LogP contribution in [-0.2, 0) is 9.53 Å². The van der Waals surface area contributed by atoms with Crippen molar-refractivity contribution in [3.8, 4) is 0 Å². The minimum absolute atomic E-state index is 0.0622. The van der Waals surface area contributed by atoms with Gasteiger partial charge in [-0.15, -0.1) is 0 Å². The van der Waals surface area contributed by atoms with Crippen molar-refractivity contribution in [2.45, 2.75) is 58.2 Å². The van der Waals surface area contributed by atoms with Crippen LogP contribution in [0.1, 0.15) is 46.6 Å². The first-order chi connectivity index (χ1) is 10.8. The average molecular weight is 323 g/mol. The Bertz CT molecular complexity index is 530. The Morgan fingerprint density at radius 2 is 1.96 bits per heavy atom. The molecule has 8 nitrogen and oxygen atoms in total. The summed E-state index contributed by atoms with van der Waals surface area (Å²) >= 11 is 0. The largest absolute Gasteiger partial charge is 0.444 e. The van der Waals surface area contributed by atoms with E-state index in [1.54, 1.807) is 11.8 Å². The maximum absolute atomic E-state index is 12.2. The molecule has 1 saturated heterocycles. The van der Waals surface area contributed by atoms with Crippen molar-refractivity contribution in [1.82, 2.24) is 25.0 Å². The highest BCUT2D eigenvalue weighted by Gasteiger charge is 2.28. The lowest BCUT2D eigenvalue weighted by molar-refractivity contribution is -0.125. The standard InChI is InChI=1S/C15H25N5O3/c1-11(20-10-16-9-17-20)13(21)18-12-5-7-19(8-6-12)14(22)23-15(2,3)4/h9-12H,5-8H2,1-4H3,(H,18,21)/t11-/m1/s1. The number of carbonyl (C=O) groups is 2. The van der Waals surface area contributed by atoms with Crippen LogP contribution in [-0.4, -0.2) is 56.4 Å². The van der Waals surface area contributed by atoms with Crippen LogP contribution in [0.4, 0.5) is 4.79 Å². The second-order valence-electron chi connectivity index (χ2n) is 6.80. The molecule has 2 amide bonds. The number of aromatic nitrogens is 3.